The van der Waals surface area contributed by atoms with Gasteiger partial charge in [0.2, 0.25) is 0 Å². The molecule has 3 aliphatic rings. The molecule has 9 N–H and O–H groups in total. The van der Waals surface area contributed by atoms with E-state index in [9.17, 15) is 60.3 Å². The van der Waals surface area contributed by atoms with Crippen molar-refractivity contribution in [2.75, 3.05) is 33.0 Å². The number of aliphatic hydroxyl groups excluding tert-OH is 9. The molecule has 3 aliphatic heterocycles. The van der Waals surface area contributed by atoms with Crippen molar-refractivity contribution in [2.45, 2.75) is 395 Å². The van der Waals surface area contributed by atoms with Gasteiger partial charge in [0.1, 0.15) is 86.5 Å². The zero-order valence-electron chi connectivity index (χ0n) is 58.9. The fourth-order valence-corrected chi connectivity index (χ4v) is 12.3. The summed E-state index contributed by atoms with van der Waals surface area (Å²) < 4.78 is 52.6. The molecular weight excluding hydrogens is 1220 g/mol. The van der Waals surface area contributed by atoms with E-state index in [2.05, 4.69) is 45.1 Å². The van der Waals surface area contributed by atoms with Crippen molar-refractivity contribution in [3.63, 3.8) is 0 Å². The third-order valence-corrected chi connectivity index (χ3v) is 18.5. The highest BCUT2D eigenvalue weighted by atomic mass is 16.8. The molecule has 556 valence electrons. The number of carbonyl (C=O) groups excluding carboxylic acids is 3. The second-order valence-corrected chi connectivity index (χ2v) is 27.0. The molecule has 0 aliphatic carbocycles. The van der Waals surface area contributed by atoms with Crippen LogP contribution in [0.3, 0.4) is 0 Å². The van der Waals surface area contributed by atoms with Gasteiger partial charge in [0.25, 0.3) is 0 Å². The third kappa shape index (κ3) is 38.6. The van der Waals surface area contributed by atoms with E-state index < -0.39 is 149 Å². The Hall–Kier alpha value is -2.71. The summed E-state index contributed by atoms with van der Waals surface area (Å²) in [4.78, 5) is 39.9. The standard InChI is InChI=1S/C74H134O21/c1-4-7-10-13-16-19-22-25-28-31-34-36-39-42-45-48-60(76)87-52-56(91-62(78)50-47-44-41-38-35-32-29-26-23-20-17-14-11-8-5-2)53-89-74-71(95-73-70(86)67(83)64(80)59(93-73)55-90-72-69(85)66(82)63(79)57(51-75)92-72)68(84)65(81)58(94-74)54-88-61(77)49-46-43-40-37-33-30-27-24-21-18-15-12-9-6-3/h19,22,28,31,56-59,63-75,79-86H,4-18,20-21,23-27,29-30,32-55H2,1-3H3/b22-19-,31-28-/t56-,57?,58?,59?,63?,64+,65-,66+,67?,68+,69-,70-,71?,72+,73+,74-/m1/s1. The SMILES string of the molecule is CCCCCC/C=C\C/C=C\CCCCCCC(=O)OC[C@H](CO[C@@H]1OC(COC(=O)CCCCCCCCCCCCCCCC)[C@@H](O)[C@H](O)C1O[C@@H]1OC(CO[C@H]2OC(CO)C(O)[C@H](O)[C@H]2O)[C@H](O)C(O)[C@H]1O)OC(=O)CCCCCCCCCCCCCCCCC. The van der Waals surface area contributed by atoms with Crippen LogP contribution in [-0.4, -0.2) is 195 Å². The molecule has 3 saturated heterocycles. The van der Waals surface area contributed by atoms with Crippen LogP contribution in [0.15, 0.2) is 24.3 Å². The number of rotatable bonds is 59. The van der Waals surface area contributed by atoms with Crippen LogP contribution >= 0.6 is 0 Å². The summed E-state index contributed by atoms with van der Waals surface area (Å²) in [6.07, 6.45) is 26.5. The van der Waals surface area contributed by atoms with E-state index in [0.717, 1.165) is 89.9 Å². The predicted molar refractivity (Wildman–Crippen MR) is 364 cm³/mol. The summed E-state index contributed by atoms with van der Waals surface area (Å²) in [6.45, 7) is 3.81. The monoisotopic (exact) mass is 1360 g/mol. The van der Waals surface area contributed by atoms with Crippen molar-refractivity contribution in [1.82, 2.24) is 0 Å². The van der Waals surface area contributed by atoms with Crippen molar-refractivity contribution >= 4 is 17.9 Å². The lowest BCUT2D eigenvalue weighted by molar-refractivity contribution is -0.373. The third-order valence-electron chi connectivity index (χ3n) is 18.5. The summed E-state index contributed by atoms with van der Waals surface area (Å²) in [6, 6.07) is 0. The molecule has 95 heavy (non-hydrogen) atoms. The van der Waals surface area contributed by atoms with E-state index in [1.54, 1.807) is 0 Å². The van der Waals surface area contributed by atoms with Crippen molar-refractivity contribution in [3.05, 3.63) is 24.3 Å². The Morgan fingerprint density at radius 1 is 0.358 bits per heavy atom. The highest BCUT2D eigenvalue weighted by molar-refractivity contribution is 5.70. The molecule has 3 fully saturated rings. The summed E-state index contributed by atoms with van der Waals surface area (Å²) in [7, 11) is 0. The van der Waals surface area contributed by atoms with E-state index in [4.69, 9.17) is 42.6 Å². The fourth-order valence-electron chi connectivity index (χ4n) is 12.3. The minimum atomic E-state index is -2.01. The molecule has 0 saturated carbocycles. The van der Waals surface area contributed by atoms with E-state index in [0.29, 0.717) is 19.3 Å². The molecule has 0 aromatic carbocycles. The van der Waals surface area contributed by atoms with Gasteiger partial charge in [-0.05, 0) is 51.4 Å². The van der Waals surface area contributed by atoms with Crippen molar-refractivity contribution in [1.29, 1.82) is 0 Å². The number of ether oxygens (including phenoxy) is 9. The van der Waals surface area contributed by atoms with Crippen LogP contribution in [0.25, 0.3) is 0 Å². The van der Waals surface area contributed by atoms with Crippen molar-refractivity contribution in [3.8, 4) is 0 Å². The van der Waals surface area contributed by atoms with Gasteiger partial charge in [0.15, 0.2) is 25.0 Å². The Balaban J connectivity index is 1.69. The van der Waals surface area contributed by atoms with Crippen LogP contribution in [-0.2, 0) is 57.0 Å². The van der Waals surface area contributed by atoms with Gasteiger partial charge in [0, 0.05) is 19.3 Å². The maximum absolute atomic E-state index is 13.6. The Bertz CT molecular complexity index is 1930. The number of hydrogen-bond donors (Lipinski definition) is 9. The van der Waals surface area contributed by atoms with Gasteiger partial charge in [-0.25, -0.2) is 0 Å². The molecule has 21 heteroatoms. The van der Waals surface area contributed by atoms with Gasteiger partial charge < -0.3 is 88.6 Å². The van der Waals surface area contributed by atoms with Gasteiger partial charge in [-0.15, -0.1) is 0 Å². The molecule has 21 nitrogen and oxygen atoms in total. The molecule has 0 aromatic heterocycles. The Morgan fingerprint density at radius 2 is 0.726 bits per heavy atom. The first-order chi connectivity index (χ1) is 46.2. The van der Waals surface area contributed by atoms with Gasteiger partial charge in [-0.3, -0.25) is 14.4 Å². The largest absolute Gasteiger partial charge is 0.463 e. The molecule has 3 heterocycles. The second-order valence-electron chi connectivity index (χ2n) is 27.0. The summed E-state index contributed by atoms with van der Waals surface area (Å²) in [5, 5.41) is 97.6. The number of hydrogen-bond acceptors (Lipinski definition) is 21. The lowest BCUT2D eigenvalue weighted by Crippen LogP contribution is -2.65. The molecular formula is C74H134O21. The molecule has 0 aromatic rings. The van der Waals surface area contributed by atoms with Gasteiger partial charge in [-0.2, -0.15) is 0 Å². The average Bonchev–Trinajstić information content (AvgIpc) is 0.796. The lowest BCUT2D eigenvalue weighted by atomic mass is 9.97. The number of aliphatic hydroxyl groups is 9. The molecule has 0 radical (unpaired) electrons. The molecule has 0 spiro atoms. The number of carbonyl (C=O) groups is 3. The smallest absolute Gasteiger partial charge is 0.306 e. The zero-order valence-corrected chi connectivity index (χ0v) is 58.9. The molecule has 3 rings (SSSR count). The maximum atomic E-state index is 13.6. The molecule has 0 bridgehead atoms. The van der Waals surface area contributed by atoms with Crippen LogP contribution in [0.2, 0.25) is 0 Å². The highest BCUT2D eigenvalue weighted by Crippen LogP contribution is 2.32. The number of unbranched alkanes of at least 4 members (excludes halogenated alkanes) is 35. The first-order valence-electron chi connectivity index (χ1n) is 37.9. The predicted octanol–water partition coefficient (Wildman–Crippen LogP) is 11.4. The summed E-state index contributed by atoms with van der Waals surface area (Å²) in [5.74, 6) is -1.61. The highest BCUT2D eigenvalue weighted by Gasteiger charge is 2.52. The topological polar surface area (TPSA) is 316 Å². The first kappa shape index (κ1) is 86.5. The maximum Gasteiger partial charge on any atom is 0.306 e. The Kier molecular flexibility index (Phi) is 51.0. The van der Waals surface area contributed by atoms with Gasteiger partial charge in [-0.1, -0.05) is 251 Å². The summed E-state index contributed by atoms with van der Waals surface area (Å²) >= 11 is 0. The lowest BCUT2D eigenvalue weighted by Gasteiger charge is -2.46. The van der Waals surface area contributed by atoms with Crippen LogP contribution < -0.4 is 0 Å². The van der Waals surface area contributed by atoms with Crippen LogP contribution in [0.1, 0.15) is 297 Å². The van der Waals surface area contributed by atoms with Crippen LogP contribution in [0.5, 0.6) is 0 Å². The van der Waals surface area contributed by atoms with Gasteiger partial charge >= 0.3 is 17.9 Å². The Labute approximate surface area is 571 Å². The van der Waals surface area contributed by atoms with Crippen molar-refractivity contribution in [2.24, 2.45) is 0 Å². The number of esters is 3. The average molecular weight is 1360 g/mol. The van der Waals surface area contributed by atoms with Crippen LogP contribution in [0.4, 0.5) is 0 Å². The van der Waals surface area contributed by atoms with E-state index in [1.807, 2.05) is 0 Å². The normalized spacial score (nSPS) is 26.8. The molecule has 0 amide bonds. The Morgan fingerprint density at radius 3 is 1.20 bits per heavy atom. The minimum absolute atomic E-state index is 0.0867. The van der Waals surface area contributed by atoms with Crippen molar-refractivity contribution < 1.29 is 103 Å². The van der Waals surface area contributed by atoms with E-state index >= 15 is 0 Å². The van der Waals surface area contributed by atoms with Gasteiger partial charge in [0.05, 0.1) is 19.8 Å². The number of allylic oxidation sites excluding steroid dienone is 4. The summed E-state index contributed by atoms with van der Waals surface area (Å²) in [5.41, 5.74) is 0. The first-order valence-corrected chi connectivity index (χ1v) is 37.9. The second kappa shape index (κ2) is 56.0. The van der Waals surface area contributed by atoms with E-state index in [-0.39, 0.29) is 19.3 Å². The quantitative estimate of drug-likeness (QED) is 0.0118. The van der Waals surface area contributed by atoms with Crippen LogP contribution in [0, 0.1) is 0 Å². The fraction of sp³-hybridized carbons (Fsp3) is 0.905. The van der Waals surface area contributed by atoms with E-state index in [1.165, 1.54) is 148 Å². The minimum Gasteiger partial charge on any atom is -0.463 e. The molecule has 6 unspecified atom stereocenters. The molecule has 16 atom stereocenters. The zero-order chi connectivity index (χ0) is 69.1.